The van der Waals surface area contributed by atoms with Gasteiger partial charge in [-0.05, 0) is 80.4 Å². The first-order chi connectivity index (χ1) is 20.7. The predicted octanol–water partition coefficient (Wildman–Crippen LogP) is 6.09. The number of aliphatic hydroxyl groups is 4. The number of rotatable bonds is 23. The molecule has 43 heavy (non-hydrogen) atoms. The Kier molecular flexibility index (Phi) is 18.0. The molecule has 0 saturated heterocycles. The summed E-state index contributed by atoms with van der Waals surface area (Å²) in [4.78, 5) is 11.6. The number of carbonyl (C=O) groups is 1. The van der Waals surface area contributed by atoms with Crippen LogP contribution in [0.1, 0.15) is 116 Å². The third-order valence-electron chi connectivity index (χ3n) is 8.95. The topological polar surface area (TPSA) is 130 Å². The lowest BCUT2D eigenvalue weighted by Gasteiger charge is -2.29. The molecule has 0 heterocycles. The van der Waals surface area contributed by atoms with Crippen LogP contribution in [0.25, 0.3) is 0 Å². The molecule has 4 atom stereocenters. The fourth-order valence-corrected chi connectivity index (χ4v) is 6.54. The molecule has 1 fully saturated rings. The van der Waals surface area contributed by atoms with E-state index in [4.69, 9.17) is 0 Å². The van der Waals surface area contributed by atoms with Crippen LogP contribution in [0.5, 0.6) is 0 Å². The molecule has 0 radical (unpaired) electrons. The SMILES string of the molecule is CCCCC[C@H](O)/C=C/C(CCc1ccccc1)=C(\C[C@H](O)CO)[C@H](CCCCC1(CC(=O)O)CCCC1)NC[C@H](C)O. The van der Waals surface area contributed by atoms with Crippen molar-refractivity contribution in [2.45, 2.75) is 141 Å². The van der Waals surface area contributed by atoms with Crippen molar-refractivity contribution in [2.75, 3.05) is 13.2 Å². The molecule has 0 aliphatic heterocycles. The zero-order valence-corrected chi connectivity index (χ0v) is 26.7. The second-order valence-corrected chi connectivity index (χ2v) is 12.8. The lowest BCUT2D eigenvalue weighted by atomic mass is 9.77. The third kappa shape index (κ3) is 15.0. The molecule has 0 unspecified atom stereocenters. The number of hydrogen-bond acceptors (Lipinski definition) is 6. The Hall–Kier alpha value is -2.03. The van der Waals surface area contributed by atoms with Crippen LogP contribution >= 0.6 is 0 Å². The Morgan fingerprint density at radius 3 is 2.35 bits per heavy atom. The van der Waals surface area contributed by atoms with E-state index in [1.807, 2.05) is 30.4 Å². The summed E-state index contributed by atoms with van der Waals surface area (Å²) >= 11 is 0. The van der Waals surface area contributed by atoms with E-state index in [2.05, 4.69) is 24.4 Å². The van der Waals surface area contributed by atoms with Crippen LogP contribution in [-0.4, -0.2) is 69.0 Å². The maximum absolute atomic E-state index is 11.6. The molecule has 0 bridgehead atoms. The first-order valence-electron chi connectivity index (χ1n) is 16.7. The number of aliphatic carboxylic acids is 1. The van der Waals surface area contributed by atoms with E-state index in [9.17, 15) is 30.3 Å². The summed E-state index contributed by atoms with van der Waals surface area (Å²) in [6.45, 7) is 3.93. The summed E-state index contributed by atoms with van der Waals surface area (Å²) in [5.74, 6) is -0.715. The van der Waals surface area contributed by atoms with Crippen LogP contribution < -0.4 is 5.32 Å². The number of aliphatic hydroxyl groups excluding tert-OH is 4. The highest BCUT2D eigenvalue weighted by molar-refractivity contribution is 5.67. The minimum atomic E-state index is -0.919. The lowest BCUT2D eigenvalue weighted by molar-refractivity contribution is -0.139. The van der Waals surface area contributed by atoms with E-state index in [-0.39, 0.29) is 30.9 Å². The van der Waals surface area contributed by atoms with Crippen molar-refractivity contribution in [3.05, 3.63) is 59.2 Å². The normalized spacial score (nSPS) is 18.4. The molecule has 0 spiro atoms. The maximum atomic E-state index is 11.6. The fourth-order valence-electron chi connectivity index (χ4n) is 6.54. The van der Waals surface area contributed by atoms with E-state index >= 15 is 0 Å². The van der Waals surface area contributed by atoms with Crippen molar-refractivity contribution in [2.24, 2.45) is 5.41 Å². The zero-order valence-electron chi connectivity index (χ0n) is 26.7. The van der Waals surface area contributed by atoms with Gasteiger partial charge in [-0.3, -0.25) is 4.79 Å². The van der Waals surface area contributed by atoms with Crippen LogP contribution in [0.4, 0.5) is 0 Å². The highest BCUT2D eigenvalue weighted by Crippen LogP contribution is 2.45. The average Bonchev–Trinajstić information content (AvgIpc) is 3.44. The van der Waals surface area contributed by atoms with E-state index in [1.54, 1.807) is 6.92 Å². The van der Waals surface area contributed by atoms with E-state index in [1.165, 1.54) is 5.56 Å². The number of aryl methyl sites for hydroxylation is 1. The standard InChI is InChI=1S/C36H59NO6/c1-3-4-6-15-31(40)20-19-30(18-17-29-13-7-5-8-14-29)33(24-32(41)27-38)34(37-26-28(2)39)16-9-10-21-36(25-35(42)43)22-11-12-23-36/h5,7-8,13-14,19-20,28,31-32,34,37-41H,3-4,6,9-12,15-18,21-27H2,1-2H3,(H,42,43)/b20-19+,33-30+/t28-,31-,32-,34-/m0/s1. The van der Waals surface area contributed by atoms with Gasteiger partial charge in [-0.1, -0.05) is 94.4 Å². The van der Waals surface area contributed by atoms with Crippen molar-refractivity contribution in [1.82, 2.24) is 5.32 Å². The van der Waals surface area contributed by atoms with Crippen LogP contribution in [0.15, 0.2) is 53.6 Å². The Labute approximate surface area is 260 Å². The monoisotopic (exact) mass is 601 g/mol. The molecule has 2 rings (SSSR count). The van der Waals surface area contributed by atoms with Crippen LogP contribution in [0, 0.1) is 5.41 Å². The molecular formula is C36H59NO6. The molecule has 1 aromatic carbocycles. The largest absolute Gasteiger partial charge is 0.481 e. The number of allylic oxidation sites excluding steroid dienone is 2. The molecule has 6 N–H and O–H groups in total. The van der Waals surface area contributed by atoms with E-state index in [0.29, 0.717) is 19.4 Å². The summed E-state index contributed by atoms with van der Waals surface area (Å²) < 4.78 is 0. The minimum absolute atomic E-state index is 0.0996. The van der Waals surface area contributed by atoms with Crippen LogP contribution in [0.2, 0.25) is 0 Å². The summed E-state index contributed by atoms with van der Waals surface area (Å²) in [7, 11) is 0. The summed E-state index contributed by atoms with van der Waals surface area (Å²) in [5, 5.41) is 54.4. The second-order valence-electron chi connectivity index (χ2n) is 12.8. The third-order valence-corrected chi connectivity index (χ3v) is 8.95. The smallest absolute Gasteiger partial charge is 0.303 e. The molecule has 1 aromatic rings. The number of nitrogens with one attached hydrogen (secondary N) is 1. The Morgan fingerprint density at radius 2 is 1.72 bits per heavy atom. The van der Waals surface area contributed by atoms with Crippen molar-refractivity contribution < 1.29 is 30.3 Å². The van der Waals surface area contributed by atoms with Crippen molar-refractivity contribution in [3.8, 4) is 0 Å². The Morgan fingerprint density at radius 1 is 1.02 bits per heavy atom. The van der Waals surface area contributed by atoms with Gasteiger partial charge >= 0.3 is 5.97 Å². The number of hydrogen-bond donors (Lipinski definition) is 6. The predicted molar refractivity (Wildman–Crippen MR) is 174 cm³/mol. The molecule has 7 heteroatoms. The quantitative estimate of drug-likeness (QED) is 0.0661. The van der Waals surface area contributed by atoms with E-state index < -0.39 is 24.3 Å². The number of carboxylic acids is 1. The zero-order chi connectivity index (χ0) is 31.5. The highest BCUT2D eigenvalue weighted by Gasteiger charge is 2.35. The number of unbranched alkanes of at least 4 members (excludes halogenated alkanes) is 3. The molecular weight excluding hydrogens is 542 g/mol. The minimum Gasteiger partial charge on any atom is -0.481 e. The van der Waals surface area contributed by atoms with Gasteiger partial charge in [0.25, 0.3) is 0 Å². The molecule has 1 saturated carbocycles. The molecule has 1 aliphatic carbocycles. The van der Waals surface area contributed by atoms with Crippen molar-refractivity contribution in [1.29, 1.82) is 0 Å². The van der Waals surface area contributed by atoms with Gasteiger partial charge < -0.3 is 30.8 Å². The molecule has 244 valence electrons. The molecule has 7 nitrogen and oxygen atoms in total. The van der Waals surface area contributed by atoms with Crippen molar-refractivity contribution >= 4 is 5.97 Å². The second kappa shape index (κ2) is 20.8. The van der Waals surface area contributed by atoms with Gasteiger partial charge in [0, 0.05) is 12.6 Å². The van der Waals surface area contributed by atoms with Crippen molar-refractivity contribution in [3.63, 3.8) is 0 Å². The van der Waals surface area contributed by atoms with Gasteiger partial charge in [-0.2, -0.15) is 0 Å². The number of benzene rings is 1. The van der Waals surface area contributed by atoms with Crippen LogP contribution in [0.3, 0.4) is 0 Å². The summed E-state index contributed by atoms with van der Waals surface area (Å²) in [5.41, 5.74) is 3.13. The van der Waals surface area contributed by atoms with E-state index in [0.717, 1.165) is 88.2 Å². The maximum Gasteiger partial charge on any atom is 0.303 e. The first kappa shape index (κ1) is 37.2. The van der Waals surface area contributed by atoms with Gasteiger partial charge in [0.2, 0.25) is 0 Å². The van der Waals surface area contributed by atoms with Crippen LogP contribution in [-0.2, 0) is 11.2 Å². The average molecular weight is 602 g/mol. The molecule has 0 aromatic heterocycles. The fraction of sp³-hybridized carbons (Fsp3) is 0.694. The molecule has 0 amide bonds. The van der Waals surface area contributed by atoms with Gasteiger partial charge in [0.15, 0.2) is 0 Å². The Balaban J connectivity index is 2.35. The molecule has 1 aliphatic rings. The summed E-state index contributed by atoms with van der Waals surface area (Å²) in [6, 6.07) is 10.1. The highest BCUT2D eigenvalue weighted by atomic mass is 16.4. The Bertz CT molecular complexity index is 954. The first-order valence-corrected chi connectivity index (χ1v) is 16.7. The van der Waals surface area contributed by atoms with Gasteiger partial charge in [0.1, 0.15) is 0 Å². The number of carboxylic acid groups (broad SMARTS) is 1. The summed E-state index contributed by atoms with van der Waals surface area (Å²) in [6.07, 6.45) is 15.3. The van der Waals surface area contributed by atoms with Gasteiger partial charge in [-0.15, -0.1) is 0 Å². The lowest BCUT2D eigenvalue weighted by Crippen LogP contribution is -2.38. The van der Waals surface area contributed by atoms with Gasteiger partial charge in [0.05, 0.1) is 31.3 Å². The van der Waals surface area contributed by atoms with Gasteiger partial charge in [-0.25, -0.2) is 0 Å².